The van der Waals surface area contributed by atoms with E-state index in [2.05, 4.69) is 10.3 Å². The first kappa shape index (κ1) is 9.33. The molecule has 0 bridgehead atoms. The first-order chi connectivity index (χ1) is 6.68. The van der Waals surface area contributed by atoms with Crippen molar-refractivity contribution in [2.24, 2.45) is 7.05 Å². The molecule has 5 heteroatoms. The summed E-state index contributed by atoms with van der Waals surface area (Å²) in [5.74, 6) is -0.0122. The van der Waals surface area contributed by atoms with E-state index < -0.39 is 0 Å². The van der Waals surface area contributed by atoms with E-state index in [0.29, 0.717) is 5.69 Å². The Bertz CT molecular complexity index is 348. The molecule has 1 aromatic heterocycles. The molecule has 1 aliphatic heterocycles. The normalized spacial score (nSPS) is 26.7. The molecule has 1 aliphatic rings. The van der Waals surface area contributed by atoms with Crippen LogP contribution in [0.5, 0.6) is 0 Å². The second-order valence-electron chi connectivity index (χ2n) is 3.62. The highest BCUT2D eigenvalue weighted by Gasteiger charge is 2.30. The van der Waals surface area contributed by atoms with Gasteiger partial charge in [-0.2, -0.15) is 0 Å². The molecule has 0 spiro atoms. The van der Waals surface area contributed by atoms with Crippen LogP contribution in [-0.4, -0.2) is 33.0 Å². The van der Waals surface area contributed by atoms with Gasteiger partial charge in [-0.05, 0) is 19.8 Å². The maximum atomic E-state index is 11.8. The highest BCUT2D eigenvalue weighted by molar-refractivity contribution is 5.97. The summed E-state index contributed by atoms with van der Waals surface area (Å²) in [7, 11) is 1.71. The number of rotatable bonds is 2. The van der Waals surface area contributed by atoms with Gasteiger partial charge in [0, 0.05) is 7.05 Å². The number of ether oxygens (including phenoxy) is 1. The zero-order valence-corrected chi connectivity index (χ0v) is 8.30. The number of nitrogens with zero attached hydrogens (tertiary/aromatic N) is 3. The highest BCUT2D eigenvalue weighted by atomic mass is 16.5. The Morgan fingerprint density at radius 2 is 2.43 bits per heavy atom. The number of carbonyl (C=O) groups is 1. The van der Waals surface area contributed by atoms with E-state index in [9.17, 15) is 4.79 Å². The minimum absolute atomic E-state index is 0.0122. The summed E-state index contributed by atoms with van der Waals surface area (Å²) >= 11 is 0. The molecule has 0 radical (unpaired) electrons. The molecule has 2 rings (SSSR count). The van der Waals surface area contributed by atoms with Gasteiger partial charge in [-0.3, -0.25) is 4.79 Å². The van der Waals surface area contributed by atoms with Crippen LogP contribution in [0.15, 0.2) is 6.20 Å². The van der Waals surface area contributed by atoms with Crippen LogP contribution in [0.4, 0.5) is 0 Å². The Morgan fingerprint density at radius 3 is 2.93 bits per heavy atom. The van der Waals surface area contributed by atoms with Crippen molar-refractivity contribution in [1.82, 2.24) is 15.0 Å². The van der Waals surface area contributed by atoms with E-state index >= 15 is 0 Å². The summed E-state index contributed by atoms with van der Waals surface area (Å²) in [6.45, 7) is 1.98. The van der Waals surface area contributed by atoms with Crippen molar-refractivity contribution in [2.45, 2.75) is 32.0 Å². The van der Waals surface area contributed by atoms with E-state index in [1.165, 1.54) is 10.9 Å². The Labute approximate surface area is 82.1 Å². The molecule has 0 amide bonds. The van der Waals surface area contributed by atoms with Crippen molar-refractivity contribution < 1.29 is 9.53 Å². The molecule has 2 unspecified atom stereocenters. The van der Waals surface area contributed by atoms with Crippen molar-refractivity contribution in [3.8, 4) is 0 Å². The zero-order chi connectivity index (χ0) is 10.1. The molecular weight excluding hydrogens is 182 g/mol. The molecule has 0 aliphatic carbocycles. The third kappa shape index (κ3) is 1.55. The van der Waals surface area contributed by atoms with E-state index in [-0.39, 0.29) is 18.0 Å². The zero-order valence-electron chi connectivity index (χ0n) is 8.30. The molecule has 0 saturated carbocycles. The van der Waals surface area contributed by atoms with Crippen LogP contribution in [0.25, 0.3) is 0 Å². The fourth-order valence-corrected chi connectivity index (χ4v) is 1.67. The number of hydrogen-bond donors (Lipinski definition) is 0. The lowest BCUT2D eigenvalue weighted by Crippen LogP contribution is -2.23. The SMILES string of the molecule is CC1CCC(C(=O)c2cnnn2C)O1. The largest absolute Gasteiger partial charge is 0.367 e. The number of aromatic nitrogens is 3. The van der Waals surface area contributed by atoms with Gasteiger partial charge in [0.05, 0.1) is 12.3 Å². The van der Waals surface area contributed by atoms with E-state index in [0.717, 1.165) is 12.8 Å². The topological polar surface area (TPSA) is 57.0 Å². The van der Waals surface area contributed by atoms with E-state index in [4.69, 9.17) is 4.74 Å². The molecule has 1 aromatic rings. The standard InChI is InChI=1S/C9H13N3O2/c1-6-3-4-8(14-6)9(13)7-5-10-11-12(7)2/h5-6,8H,3-4H2,1-2H3. The van der Waals surface area contributed by atoms with Crippen LogP contribution in [0, 0.1) is 0 Å². The summed E-state index contributed by atoms with van der Waals surface area (Å²) in [6.07, 6.45) is 3.11. The summed E-state index contributed by atoms with van der Waals surface area (Å²) in [5, 5.41) is 7.39. The Morgan fingerprint density at radius 1 is 1.64 bits per heavy atom. The quantitative estimate of drug-likeness (QED) is 0.647. The van der Waals surface area contributed by atoms with Crippen molar-refractivity contribution in [3.63, 3.8) is 0 Å². The molecular formula is C9H13N3O2. The van der Waals surface area contributed by atoms with Gasteiger partial charge in [-0.1, -0.05) is 5.21 Å². The van der Waals surface area contributed by atoms with Crippen molar-refractivity contribution in [2.75, 3.05) is 0 Å². The lowest BCUT2D eigenvalue weighted by Gasteiger charge is -2.08. The monoisotopic (exact) mass is 195 g/mol. The summed E-state index contributed by atoms with van der Waals surface area (Å²) < 4.78 is 6.96. The van der Waals surface area contributed by atoms with Gasteiger partial charge in [-0.15, -0.1) is 5.10 Å². The molecule has 0 aromatic carbocycles. The lowest BCUT2D eigenvalue weighted by molar-refractivity contribution is 0.0425. The molecule has 14 heavy (non-hydrogen) atoms. The van der Waals surface area contributed by atoms with Gasteiger partial charge in [0.15, 0.2) is 0 Å². The van der Waals surface area contributed by atoms with E-state index in [1.54, 1.807) is 7.05 Å². The first-order valence-corrected chi connectivity index (χ1v) is 4.73. The third-order valence-corrected chi connectivity index (χ3v) is 2.49. The van der Waals surface area contributed by atoms with Crippen LogP contribution in [-0.2, 0) is 11.8 Å². The second-order valence-corrected chi connectivity index (χ2v) is 3.62. The lowest BCUT2D eigenvalue weighted by atomic mass is 10.1. The van der Waals surface area contributed by atoms with Gasteiger partial charge >= 0.3 is 0 Å². The number of hydrogen-bond acceptors (Lipinski definition) is 4. The number of ketones is 1. The van der Waals surface area contributed by atoms with Gasteiger partial charge < -0.3 is 4.74 Å². The minimum Gasteiger partial charge on any atom is -0.367 e. The molecule has 0 N–H and O–H groups in total. The van der Waals surface area contributed by atoms with Crippen LogP contribution in [0.3, 0.4) is 0 Å². The summed E-state index contributed by atoms with van der Waals surface area (Å²) in [4.78, 5) is 11.8. The van der Waals surface area contributed by atoms with Gasteiger partial charge in [0.25, 0.3) is 0 Å². The number of carbonyl (C=O) groups excluding carboxylic acids is 1. The first-order valence-electron chi connectivity index (χ1n) is 4.73. The fraction of sp³-hybridized carbons (Fsp3) is 0.667. The average molecular weight is 195 g/mol. The Hall–Kier alpha value is -1.23. The fourth-order valence-electron chi connectivity index (χ4n) is 1.67. The molecule has 2 atom stereocenters. The Balaban J connectivity index is 2.13. The third-order valence-electron chi connectivity index (χ3n) is 2.49. The van der Waals surface area contributed by atoms with Gasteiger partial charge in [0.2, 0.25) is 5.78 Å². The molecule has 76 valence electrons. The summed E-state index contributed by atoms with van der Waals surface area (Å²) in [5.41, 5.74) is 0.518. The van der Waals surface area contributed by atoms with Crippen molar-refractivity contribution in [3.05, 3.63) is 11.9 Å². The number of Topliss-reactive ketones (excluding diaryl/α,β-unsaturated/α-hetero) is 1. The molecule has 1 saturated heterocycles. The van der Waals surface area contributed by atoms with Gasteiger partial charge in [0.1, 0.15) is 11.8 Å². The summed E-state index contributed by atoms with van der Waals surface area (Å²) in [6, 6.07) is 0. The van der Waals surface area contributed by atoms with Crippen LogP contribution >= 0.6 is 0 Å². The maximum absolute atomic E-state index is 11.8. The van der Waals surface area contributed by atoms with E-state index in [1.807, 2.05) is 6.92 Å². The predicted octanol–water partition coefficient (Wildman–Crippen LogP) is 0.565. The molecule has 1 fully saturated rings. The van der Waals surface area contributed by atoms with Gasteiger partial charge in [-0.25, -0.2) is 4.68 Å². The smallest absolute Gasteiger partial charge is 0.211 e. The predicted molar refractivity (Wildman–Crippen MR) is 48.9 cm³/mol. The maximum Gasteiger partial charge on any atom is 0.211 e. The average Bonchev–Trinajstić information content (AvgIpc) is 2.73. The highest BCUT2D eigenvalue weighted by Crippen LogP contribution is 2.21. The second kappa shape index (κ2) is 3.49. The van der Waals surface area contributed by atoms with Crippen molar-refractivity contribution in [1.29, 1.82) is 0 Å². The van der Waals surface area contributed by atoms with Crippen LogP contribution in [0.2, 0.25) is 0 Å². The molecule has 2 heterocycles. The molecule has 5 nitrogen and oxygen atoms in total. The number of aryl methyl sites for hydroxylation is 1. The van der Waals surface area contributed by atoms with Crippen molar-refractivity contribution >= 4 is 5.78 Å². The van der Waals surface area contributed by atoms with Crippen LogP contribution in [0.1, 0.15) is 30.3 Å². The Kier molecular flexibility index (Phi) is 2.33. The minimum atomic E-state index is -0.304. The van der Waals surface area contributed by atoms with Crippen LogP contribution < -0.4 is 0 Å².